The second kappa shape index (κ2) is 8.30. The summed E-state index contributed by atoms with van der Waals surface area (Å²) in [7, 11) is 0. The fourth-order valence-corrected chi connectivity index (χ4v) is 3.30. The number of aromatic nitrogens is 4. The van der Waals surface area contributed by atoms with Crippen molar-refractivity contribution in [1.29, 1.82) is 0 Å². The molecule has 0 saturated carbocycles. The van der Waals surface area contributed by atoms with Crippen LogP contribution in [-0.4, -0.2) is 51.9 Å². The predicted octanol–water partition coefficient (Wildman–Crippen LogP) is 1.24. The van der Waals surface area contributed by atoms with Crippen molar-refractivity contribution in [3.05, 3.63) is 48.2 Å². The third kappa shape index (κ3) is 3.94. The van der Waals surface area contributed by atoms with Gasteiger partial charge in [-0.05, 0) is 25.1 Å². The zero-order valence-corrected chi connectivity index (χ0v) is 15.3. The molecule has 1 aliphatic heterocycles. The summed E-state index contributed by atoms with van der Waals surface area (Å²) in [6, 6.07) is 5.98. The SMILES string of the molecule is O=C(COc1ccccc1F)NCCn1nc([C@@H]2CCNC2)c2nccnc21. The Morgan fingerprint density at radius 1 is 1.32 bits per heavy atom. The van der Waals surface area contributed by atoms with Gasteiger partial charge in [0.2, 0.25) is 0 Å². The highest BCUT2D eigenvalue weighted by Crippen LogP contribution is 2.26. The molecule has 1 atom stereocenters. The van der Waals surface area contributed by atoms with Crippen molar-refractivity contribution in [2.45, 2.75) is 18.9 Å². The van der Waals surface area contributed by atoms with Crippen LogP contribution in [0.3, 0.4) is 0 Å². The first kappa shape index (κ1) is 18.3. The van der Waals surface area contributed by atoms with Crippen LogP contribution in [0.4, 0.5) is 4.39 Å². The van der Waals surface area contributed by atoms with Crippen LogP contribution in [0.2, 0.25) is 0 Å². The fraction of sp³-hybridized carbons (Fsp3) is 0.368. The third-order valence-electron chi connectivity index (χ3n) is 4.68. The van der Waals surface area contributed by atoms with Crippen LogP contribution in [0, 0.1) is 5.82 Å². The lowest BCUT2D eigenvalue weighted by Crippen LogP contribution is -2.32. The lowest BCUT2D eigenvalue weighted by molar-refractivity contribution is -0.123. The average molecular weight is 384 g/mol. The first-order chi connectivity index (χ1) is 13.7. The highest BCUT2D eigenvalue weighted by molar-refractivity contribution is 5.77. The van der Waals surface area contributed by atoms with Crippen LogP contribution in [0.15, 0.2) is 36.7 Å². The van der Waals surface area contributed by atoms with E-state index in [1.54, 1.807) is 29.2 Å². The summed E-state index contributed by atoms with van der Waals surface area (Å²) in [5, 5.41) is 10.8. The van der Waals surface area contributed by atoms with Crippen LogP contribution < -0.4 is 15.4 Å². The molecule has 0 radical (unpaired) electrons. The maximum atomic E-state index is 13.5. The average Bonchev–Trinajstić information content (AvgIpc) is 3.36. The summed E-state index contributed by atoms with van der Waals surface area (Å²) in [4.78, 5) is 20.8. The van der Waals surface area contributed by atoms with E-state index in [9.17, 15) is 9.18 Å². The molecule has 8 nitrogen and oxygen atoms in total. The summed E-state index contributed by atoms with van der Waals surface area (Å²) in [6.45, 7) is 2.42. The van der Waals surface area contributed by atoms with Gasteiger partial charge >= 0.3 is 0 Å². The van der Waals surface area contributed by atoms with E-state index in [1.165, 1.54) is 12.1 Å². The van der Waals surface area contributed by atoms with E-state index in [0.717, 1.165) is 30.7 Å². The molecular formula is C19H21FN6O2. The minimum atomic E-state index is -0.495. The number of nitrogens with zero attached hydrogens (tertiary/aromatic N) is 4. The number of halogens is 1. The molecule has 0 spiro atoms. The van der Waals surface area contributed by atoms with Crippen LogP contribution in [0.1, 0.15) is 18.0 Å². The third-order valence-corrected chi connectivity index (χ3v) is 4.68. The first-order valence-corrected chi connectivity index (χ1v) is 9.24. The van der Waals surface area contributed by atoms with Gasteiger partial charge in [0.15, 0.2) is 23.8 Å². The van der Waals surface area contributed by atoms with E-state index in [1.807, 2.05) is 0 Å². The molecule has 0 bridgehead atoms. The Hall–Kier alpha value is -3.07. The van der Waals surface area contributed by atoms with Gasteiger partial charge in [0.1, 0.15) is 5.52 Å². The Morgan fingerprint density at radius 2 is 2.18 bits per heavy atom. The van der Waals surface area contributed by atoms with E-state index in [0.29, 0.717) is 24.7 Å². The van der Waals surface area contributed by atoms with Crippen LogP contribution in [0.25, 0.3) is 11.2 Å². The molecule has 3 heterocycles. The minimum absolute atomic E-state index is 0.0563. The van der Waals surface area contributed by atoms with Crippen molar-refractivity contribution in [1.82, 2.24) is 30.4 Å². The van der Waals surface area contributed by atoms with Gasteiger partial charge in [0.05, 0.1) is 12.2 Å². The highest BCUT2D eigenvalue weighted by atomic mass is 19.1. The lowest BCUT2D eigenvalue weighted by Gasteiger charge is -2.08. The number of carbonyl (C=O) groups is 1. The number of fused-ring (bicyclic) bond motifs is 1. The molecule has 0 unspecified atom stereocenters. The van der Waals surface area contributed by atoms with E-state index in [2.05, 4.69) is 20.6 Å². The van der Waals surface area contributed by atoms with Gasteiger partial charge in [0.25, 0.3) is 5.91 Å². The molecule has 1 saturated heterocycles. The predicted molar refractivity (Wildman–Crippen MR) is 100 cm³/mol. The minimum Gasteiger partial charge on any atom is -0.481 e. The molecule has 1 fully saturated rings. The second-order valence-electron chi connectivity index (χ2n) is 6.60. The Morgan fingerprint density at radius 3 is 3.00 bits per heavy atom. The van der Waals surface area contributed by atoms with Gasteiger partial charge in [-0.3, -0.25) is 4.79 Å². The quantitative estimate of drug-likeness (QED) is 0.637. The molecule has 3 aromatic rings. The van der Waals surface area contributed by atoms with Crippen molar-refractivity contribution in [3.8, 4) is 5.75 Å². The van der Waals surface area contributed by atoms with Crippen LogP contribution >= 0.6 is 0 Å². The summed E-state index contributed by atoms with van der Waals surface area (Å²) in [5.74, 6) is -0.443. The van der Waals surface area contributed by atoms with E-state index >= 15 is 0 Å². The summed E-state index contributed by atoms with van der Waals surface area (Å²) in [5.41, 5.74) is 2.47. The maximum absolute atomic E-state index is 13.5. The molecular weight excluding hydrogens is 363 g/mol. The zero-order valence-electron chi connectivity index (χ0n) is 15.3. The van der Waals surface area contributed by atoms with Gasteiger partial charge in [0, 0.05) is 31.4 Å². The zero-order chi connectivity index (χ0) is 19.3. The molecule has 2 aromatic heterocycles. The molecule has 28 heavy (non-hydrogen) atoms. The lowest BCUT2D eigenvalue weighted by atomic mass is 10.0. The first-order valence-electron chi connectivity index (χ1n) is 9.24. The van der Waals surface area contributed by atoms with Crippen molar-refractivity contribution >= 4 is 17.1 Å². The number of hydrogen-bond acceptors (Lipinski definition) is 6. The number of hydrogen-bond donors (Lipinski definition) is 2. The highest BCUT2D eigenvalue weighted by Gasteiger charge is 2.24. The van der Waals surface area contributed by atoms with Gasteiger partial charge in [-0.1, -0.05) is 12.1 Å². The molecule has 1 aromatic carbocycles. The van der Waals surface area contributed by atoms with Crippen LogP contribution in [0.5, 0.6) is 5.75 Å². The number of carbonyl (C=O) groups excluding carboxylic acids is 1. The number of rotatable bonds is 7. The monoisotopic (exact) mass is 384 g/mol. The smallest absolute Gasteiger partial charge is 0.258 e. The van der Waals surface area contributed by atoms with E-state index in [-0.39, 0.29) is 18.3 Å². The van der Waals surface area contributed by atoms with Crippen molar-refractivity contribution < 1.29 is 13.9 Å². The molecule has 146 valence electrons. The Bertz CT molecular complexity index is 970. The Balaban J connectivity index is 1.35. The van der Waals surface area contributed by atoms with Gasteiger partial charge in [-0.2, -0.15) is 5.10 Å². The van der Waals surface area contributed by atoms with E-state index in [4.69, 9.17) is 9.84 Å². The fourth-order valence-electron chi connectivity index (χ4n) is 3.30. The largest absolute Gasteiger partial charge is 0.481 e. The number of nitrogens with one attached hydrogen (secondary N) is 2. The molecule has 1 amide bonds. The number of para-hydroxylation sites is 1. The molecule has 0 aliphatic carbocycles. The molecule has 4 rings (SSSR count). The van der Waals surface area contributed by atoms with Crippen molar-refractivity contribution in [3.63, 3.8) is 0 Å². The summed E-state index contributed by atoms with van der Waals surface area (Å²) >= 11 is 0. The number of benzene rings is 1. The standard InChI is InChI=1S/C19H21FN6O2/c20-14-3-1-2-4-15(14)28-12-16(27)22-9-10-26-19-18(23-7-8-24-19)17(25-26)13-5-6-21-11-13/h1-4,7-8,13,21H,5-6,9-12H2,(H,22,27)/t13-/m1/s1. The Labute approximate surface area is 161 Å². The Kier molecular flexibility index (Phi) is 5.43. The topological polar surface area (TPSA) is 94.0 Å². The maximum Gasteiger partial charge on any atom is 0.258 e. The van der Waals surface area contributed by atoms with Crippen LogP contribution in [-0.2, 0) is 11.3 Å². The van der Waals surface area contributed by atoms with E-state index < -0.39 is 5.82 Å². The molecule has 2 N–H and O–H groups in total. The molecule has 1 aliphatic rings. The van der Waals surface area contributed by atoms with Gasteiger partial charge < -0.3 is 15.4 Å². The number of ether oxygens (including phenoxy) is 1. The number of amides is 1. The van der Waals surface area contributed by atoms with Crippen molar-refractivity contribution in [2.75, 3.05) is 26.2 Å². The summed E-state index contributed by atoms with van der Waals surface area (Å²) in [6.07, 6.45) is 4.33. The normalized spacial score (nSPS) is 16.4. The second-order valence-corrected chi connectivity index (χ2v) is 6.60. The van der Waals surface area contributed by atoms with Crippen molar-refractivity contribution in [2.24, 2.45) is 0 Å². The van der Waals surface area contributed by atoms with Gasteiger partial charge in [-0.15, -0.1) is 0 Å². The summed E-state index contributed by atoms with van der Waals surface area (Å²) < 4.78 is 20.5. The van der Waals surface area contributed by atoms with Gasteiger partial charge in [-0.25, -0.2) is 19.0 Å². The molecule has 9 heteroatoms.